The fourth-order valence-electron chi connectivity index (χ4n) is 4.36. The highest BCUT2D eigenvalue weighted by molar-refractivity contribution is 14.0. The van der Waals surface area contributed by atoms with Crippen molar-refractivity contribution < 1.29 is 17.9 Å². The highest BCUT2D eigenvalue weighted by atomic mass is 127. The molecule has 2 fully saturated rings. The number of nitrogens with zero attached hydrogens (tertiary/aromatic N) is 3. The Kier molecular flexibility index (Phi) is 9.88. The number of halogens is 4. The molecule has 0 radical (unpaired) electrons. The molecule has 0 aliphatic carbocycles. The predicted octanol–water partition coefficient (Wildman–Crippen LogP) is 4.37. The zero-order valence-corrected chi connectivity index (χ0v) is 20.7. The van der Waals surface area contributed by atoms with E-state index in [2.05, 4.69) is 10.2 Å². The Morgan fingerprint density at radius 1 is 1.16 bits per heavy atom. The molecule has 0 aromatic heterocycles. The van der Waals surface area contributed by atoms with Crippen LogP contribution in [-0.2, 0) is 17.5 Å². The maximum absolute atomic E-state index is 12.8. The summed E-state index contributed by atoms with van der Waals surface area (Å²) in [5, 5.41) is 3.33. The van der Waals surface area contributed by atoms with Gasteiger partial charge in [-0.25, -0.2) is 0 Å². The van der Waals surface area contributed by atoms with Crippen LogP contribution in [0.5, 0.6) is 0 Å². The Bertz CT molecular complexity index is 700. The molecule has 9 heteroatoms. The second kappa shape index (κ2) is 11.7. The van der Waals surface area contributed by atoms with Crippen molar-refractivity contribution in [1.82, 2.24) is 15.1 Å². The van der Waals surface area contributed by atoms with Crippen molar-refractivity contribution in [2.24, 2.45) is 4.99 Å². The van der Waals surface area contributed by atoms with E-state index in [0.717, 1.165) is 69.3 Å². The van der Waals surface area contributed by atoms with Crippen LogP contribution in [0.1, 0.15) is 43.7 Å². The number of hydrogen-bond donors (Lipinski definition) is 1. The molecule has 2 saturated heterocycles. The van der Waals surface area contributed by atoms with Crippen LogP contribution in [0.25, 0.3) is 0 Å². The van der Waals surface area contributed by atoms with Crippen LogP contribution in [0, 0.1) is 0 Å². The summed E-state index contributed by atoms with van der Waals surface area (Å²) in [6, 6.07) is 5.34. The summed E-state index contributed by atoms with van der Waals surface area (Å²) in [6.07, 6.45) is 0.131. The molecule has 176 valence electrons. The maximum atomic E-state index is 12.8. The molecule has 2 heterocycles. The van der Waals surface area contributed by atoms with E-state index in [-0.39, 0.29) is 29.5 Å². The first-order chi connectivity index (χ1) is 14.3. The van der Waals surface area contributed by atoms with Gasteiger partial charge in [-0.2, -0.15) is 13.2 Å². The van der Waals surface area contributed by atoms with Crippen molar-refractivity contribution in [3.05, 3.63) is 35.4 Å². The van der Waals surface area contributed by atoms with Gasteiger partial charge in [0.2, 0.25) is 0 Å². The molecule has 2 aliphatic heterocycles. The van der Waals surface area contributed by atoms with Gasteiger partial charge >= 0.3 is 6.18 Å². The number of hydrogen-bond acceptors (Lipinski definition) is 3. The van der Waals surface area contributed by atoms with Crippen LogP contribution < -0.4 is 5.32 Å². The first-order valence-electron chi connectivity index (χ1n) is 10.8. The molecule has 0 amide bonds. The molecule has 0 spiro atoms. The van der Waals surface area contributed by atoms with Gasteiger partial charge < -0.3 is 15.0 Å². The number of ether oxygens (including phenoxy) is 1. The van der Waals surface area contributed by atoms with Gasteiger partial charge in [-0.1, -0.05) is 12.1 Å². The molecule has 0 saturated carbocycles. The van der Waals surface area contributed by atoms with Crippen molar-refractivity contribution >= 4 is 29.9 Å². The van der Waals surface area contributed by atoms with E-state index in [1.54, 1.807) is 0 Å². The second-order valence-electron chi connectivity index (χ2n) is 8.25. The summed E-state index contributed by atoms with van der Waals surface area (Å²) in [5.74, 6) is 0.780. The Labute approximate surface area is 200 Å². The summed E-state index contributed by atoms with van der Waals surface area (Å²) in [5.41, 5.74) is 0.239. The minimum atomic E-state index is -4.31. The van der Waals surface area contributed by atoms with Gasteiger partial charge in [0.05, 0.1) is 12.1 Å². The van der Waals surface area contributed by atoms with Gasteiger partial charge in [0, 0.05) is 38.9 Å². The summed E-state index contributed by atoms with van der Waals surface area (Å²) in [6.45, 7) is 7.72. The Hall–Kier alpha value is -1.07. The third-order valence-corrected chi connectivity index (χ3v) is 6.12. The Morgan fingerprint density at radius 3 is 2.32 bits per heavy atom. The van der Waals surface area contributed by atoms with Gasteiger partial charge in [0.15, 0.2) is 5.96 Å². The first-order valence-corrected chi connectivity index (χ1v) is 10.8. The number of rotatable bonds is 6. The predicted molar refractivity (Wildman–Crippen MR) is 128 cm³/mol. The standard InChI is InChI=1S/C22H33F3N4O.HI/c1-3-26-20(28(2)16-18-6-8-19(9-7-18)22(23,24)25)27-17-21(10-14-30-15-11-21)29-12-4-5-13-29;/h6-9H,3-5,10-17H2,1-2H3,(H,26,27);1H. The van der Waals surface area contributed by atoms with Gasteiger partial charge in [-0.15, -0.1) is 24.0 Å². The van der Waals surface area contributed by atoms with E-state index in [9.17, 15) is 13.2 Å². The fourth-order valence-corrected chi connectivity index (χ4v) is 4.36. The SMILES string of the molecule is CCNC(=NCC1(N2CCCC2)CCOCC1)N(C)Cc1ccc(C(F)(F)F)cc1.I. The number of alkyl halides is 3. The van der Waals surface area contributed by atoms with E-state index in [1.165, 1.54) is 25.0 Å². The van der Waals surface area contributed by atoms with E-state index >= 15 is 0 Å². The molecular weight excluding hydrogens is 520 g/mol. The van der Waals surface area contributed by atoms with Crippen LogP contribution in [-0.4, -0.2) is 67.7 Å². The van der Waals surface area contributed by atoms with Crippen molar-refractivity contribution in [1.29, 1.82) is 0 Å². The zero-order chi connectivity index (χ0) is 21.6. The molecule has 31 heavy (non-hydrogen) atoms. The number of benzene rings is 1. The van der Waals surface area contributed by atoms with E-state index in [0.29, 0.717) is 13.1 Å². The molecule has 0 unspecified atom stereocenters. The number of aliphatic imine (C=N–C) groups is 1. The minimum Gasteiger partial charge on any atom is -0.381 e. The quantitative estimate of drug-likeness (QED) is 0.323. The smallest absolute Gasteiger partial charge is 0.381 e. The van der Waals surface area contributed by atoms with Crippen molar-refractivity contribution in [3.63, 3.8) is 0 Å². The van der Waals surface area contributed by atoms with Crippen LogP contribution in [0.15, 0.2) is 29.3 Å². The lowest BCUT2D eigenvalue weighted by atomic mass is 9.88. The lowest BCUT2D eigenvalue weighted by molar-refractivity contribution is -0.137. The van der Waals surface area contributed by atoms with Gasteiger partial charge in [-0.3, -0.25) is 9.89 Å². The van der Waals surface area contributed by atoms with Crippen LogP contribution in [0.4, 0.5) is 13.2 Å². The largest absolute Gasteiger partial charge is 0.416 e. The van der Waals surface area contributed by atoms with Crippen molar-refractivity contribution in [2.45, 2.75) is 50.9 Å². The third kappa shape index (κ3) is 6.95. The second-order valence-corrected chi connectivity index (χ2v) is 8.25. The lowest BCUT2D eigenvalue weighted by Crippen LogP contribution is -2.54. The maximum Gasteiger partial charge on any atom is 0.416 e. The highest BCUT2D eigenvalue weighted by Gasteiger charge is 2.39. The van der Waals surface area contributed by atoms with Crippen LogP contribution in [0.3, 0.4) is 0 Å². The average Bonchev–Trinajstić information content (AvgIpc) is 3.27. The highest BCUT2D eigenvalue weighted by Crippen LogP contribution is 2.32. The summed E-state index contributed by atoms with van der Waals surface area (Å²) in [4.78, 5) is 9.52. The van der Waals surface area contributed by atoms with Gasteiger partial charge in [-0.05, 0) is 63.4 Å². The zero-order valence-electron chi connectivity index (χ0n) is 18.4. The molecule has 2 aliphatic rings. The number of likely N-dealkylation sites (tertiary alicyclic amines) is 1. The topological polar surface area (TPSA) is 40.1 Å². The third-order valence-electron chi connectivity index (χ3n) is 6.12. The Balaban J connectivity index is 0.00000341. The lowest BCUT2D eigenvalue weighted by Gasteiger charge is -2.43. The number of nitrogens with one attached hydrogen (secondary N) is 1. The summed E-state index contributed by atoms with van der Waals surface area (Å²) < 4.78 is 44.0. The molecule has 1 N–H and O–H groups in total. The first kappa shape index (κ1) is 26.2. The van der Waals surface area contributed by atoms with E-state index in [1.807, 2.05) is 18.9 Å². The molecule has 0 bridgehead atoms. The van der Waals surface area contributed by atoms with Crippen LogP contribution >= 0.6 is 24.0 Å². The van der Waals surface area contributed by atoms with Gasteiger partial charge in [0.25, 0.3) is 0 Å². The number of guanidine groups is 1. The van der Waals surface area contributed by atoms with Crippen molar-refractivity contribution in [3.8, 4) is 0 Å². The molecular formula is C22H34F3IN4O. The van der Waals surface area contributed by atoms with Crippen molar-refractivity contribution in [2.75, 3.05) is 46.4 Å². The van der Waals surface area contributed by atoms with Gasteiger partial charge in [0.1, 0.15) is 0 Å². The van der Waals surface area contributed by atoms with E-state index < -0.39 is 11.7 Å². The molecule has 1 aromatic carbocycles. The van der Waals surface area contributed by atoms with E-state index in [4.69, 9.17) is 9.73 Å². The molecule has 3 rings (SSSR count). The molecule has 0 atom stereocenters. The normalized spacial score (nSPS) is 19.7. The Morgan fingerprint density at radius 2 is 1.77 bits per heavy atom. The average molecular weight is 554 g/mol. The molecule has 1 aromatic rings. The minimum absolute atomic E-state index is 0. The monoisotopic (exact) mass is 554 g/mol. The molecule has 5 nitrogen and oxygen atoms in total. The summed E-state index contributed by atoms with van der Waals surface area (Å²) in [7, 11) is 1.92. The fraction of sp³-hybridized carbons (Fsp3) is 0.682. The van der Waals surface area contributed by atoms with Crippen LogP contribution in [0.2, 0.25) is 0 Å². The summed E-state index contributed by atoms with van der Waals surface area (Å²) >= 11 is 0.